The van der Waals surface area contributed by atoms with E-state index in [2.05, 4.69) is 0 Å². The summed E-state index contributed by atoms with van der Waals surface area (Å²) in [6, 6.07) is 6.33. The van der Waals surface area contributed by atoms with Crippen molar-refractivity contribution in [1.82, 2.24) is 0 Å². The quantitative estimate of drug-likeness (QED) is 0.341. The summed E-state index contributed by atoms with van der Waals surface area (Å²) in [5.74, 6) is -0.211. The molecule has 0 aromatic heterocycles. The molecule has 1 aromatic rings. The predicted octanol–water partition coefficient (Wildman–Crippen LogP) is 2.16. The summed E-state index contributed by atoms with van der Waals surface area (Å²) in [7, 11) is 0. The molecule has 6 nitrogen and oxygen atoms in total. The van der Waals surface area contributed by atoms with Gasteiger partial charge in [-0.25, -0.2) is 4.79 Å². The molecule has 6 heteroatoms. The summed E-state index contributed by atoms with van der Waals surface area (Å²) in [4.78, 5) is 22.3. The minimum absolute atomic E-state index is 0.0996. The van der Waals surface area contributed by atoms with Gasteiger partial charge in [0.25, 0.3) is 0 Å². The molecule has 0 N–H and O–H groups in total. The van der Waals surface area contributed by atoms with Crippen molar-refractivity contribution in [3.8, 4) is 11.5 Å². The molecule has 19 heavy (non-hydrogen) atoms. The summed E-state index contributed by atoms with van der Waals surface area (Å²) in [6.07, 6.45) is -0.876. The van der Waals surface area contributed by atoms with E-state index in [1.54, 1.807) is 12.1 Å². The molecule has 0 aliphatic carbocycles. The van der Waals surface area contributed by atoms with E-state index >= 15 is 0 Å². The molecular weight excluding hydrogens is 252 g/mol. The van der Waals surface area contributed by atoms with Crippen molar-refractivity contribution in [2.24, 2.45) is 0 Å². The van der Waals surface area contributed by atoms with Crippen molar-refractivity contribution in [2.75, 3.05) is 19.8 Å². The lowest BCUT2D eigenvalue weighted by atomic mass is 10.3. The third-order valence-corrected chi connectivity index (χ3v) is 1.95. The van der Waals surface area contributed by atoms with Gasteiger partial charge in [-0.15, -0.1) is 0 Å². The van der Waals surface area contributed by atoms with E-state index in [1.807, 2.05) is 6.92 Å². The Morgan fingerprint density at radius 1 is 1.05 bits per heavy atom. The Bertz CT molecular complexity index is 429. The van der Waals surface area contributed by atoms with Crippen LogP contribution in [0.4, 0.5) is 4.79 Å². The molecule has 104 valence electrons. The second-order valence-electron chi connectivity index (χ2n) is 3.44. The number of carbonyl (C=O) groups excluding carboxylic acids is 2. The van der Waals surface area contributed by atoms with Gasteiger partial charge in [-0.1, -0.05) is 12.1 Å². The maximum absolute atomic E-state index is 11.4. The van der Waals surface area contributed by atoms with Gasteiger partial charge in [0.05, 0.1) is 6.61 Å². The van der Waals surface area contributed by atoms with Crippen LogP contribution in [0.1, 0.15) is 13.8 Å². The average molecular weight is 268 g/mol. The Balaban J connectivity index is 2.51. The van der Waals surface area contributed by atoms with Crippen LogP contribution in [-0.4, -0.2) is 31.9 Å². The summed E-state index contributed by atoms with van der Waals surface area (Å²) in [5.41, 5.74) is 0. The number of hydrogen-bond donors (Lipinski definition) is 0. The fraction of sp³-hybridized carbons (Fsp3) is 0.385. The monoisotopic (exact) mass is 268 g/mol. The highest BCUT2D eigenvalue weighted by Gasteiger charge is 2.12. The van der Waals surface area contributed by atoms with Crippen LogP contribution in [0, 0.1) is 0 Å². The zero-order chi connectivity index (χ0) is 14.1. The smallest absolute Gasteiger partial charge is 0.432 e. The fourth-order valence-corrected chi connectivity index (χ4v) is 1.22. The van der Waals surface area contributed by atoms with E-state index in [0.717, 1.165) is 0 Å². The van der Waals surface area contributed by atoms with Gasteiger partial charge >= 0.3 is 12.1 Å². The van der Waals surface area contributed by atoms with E-state index < -0.39 is 12.1 Å². The third kappa shape index (κ3) is 5.87. The van der Waals surface area contributed by atoms with Crippen molar-refractivity contribution in [1.29, 1.82) is 0 Å². The summed E-state index contributed by atoms with van der Waals surface area (Å²) >= 11 is 0. The second kappa shape index (κ2) is 8.10. The van der Waals surface area contributed by atoms with Crippen molar-refractivity contribution in [2.45, 2.75) is 13.8 Å². The molecule has 0 atom stereocenters. The van der Waals surface area contributed by atoms with Crippen LogP contribution in [0.5, 0.6) is 11.5 Å². The molecule has 0 aliphatic heterocycles. The average Bonchev–Trinajstić information content (AvgIpc) is 2.36. The standard InChI is InChI=1S/C13H16O6/c1-3-16-8-9-17-13(15)19-12-7-5-4-6-11(12)18-10(2)14/h4-7H,3,8-9H2,1-2H3. The minimum Gasteiger partial charge on any atom is -0.432 e. The van der Waals surface area contributed by atoms with Crippen LogP contribution < -0.4 is 9.47 Å². The number of para-hydroxylation sites is 2. The zero-order valence-corrected chi connectivity index (χ0v) is 10.9. The van der Waals surface area contributed by atoms with Crippen molar-refractivity contribution in [3.63, 3.8) is 0 Å². The molecule has 1 rings (SSSR count). The summed E-state index contributed by atoms with van der Waals surface area (Å²) in [5, 5.41) is 0. The van der Waals surface area contributed by atoms with Gasteiger partial charge in [-0.3, -0.25) is 4.79 Å². The Morgan fingerprint density at radius 3 is 2.26 bits per heavy atom. The molecule has 0 amide bonds. The number of rotatable bonds is 6. The van der Waals surface area contributed by atoms with Crippen LogP contribution in [0.3, 0.4) is 0 Å². The summed E-state index contributed by atoms with van der Waals surface area (Å²) < 4.78 is 19.6. The molecule has 0 aliphatic rings. The normalized spacial score (nSPS) is 9.79. The van der Waals surface area contributed by atoms with Crippen molar-refractivity contribution >= 4 is 12.1 Å². The highest BCUT2D eigenvalue weighted by atomic mass is 16.7. The SMILES string of the molecule is CCOCCOC(=O)Oc1ccccc1OC(C)=O. The molecule has 1 aromatic carbocycles. The molecular formula is C13H16O6. The minimum atomic E-state index is -0.876. The van der Waals surface area contributed by atoms with Gasteiger partial charge in [-0.05, 0) is 19.1 Å². The zero-order valence-electron chi connectivity index (χ0n) is 10.9. The van der Waals surface area contributed by atoms with Crippen molar-refractivity contribution < 1.29 is 28.5 Å². The lowest BCUT2D eigenvalue weighted by Crippen LogP contribution is -2.15. The maximum atomic E-state index is 11.4. The molecule has 0 saturated carbocycles. The van der Waals surface area contributed by atoms with Crippen LogP contribution in [0.15, 0.2) is 24.3 Å². The second-order valence-corrected chi connectivity index (χ2v) is 3.44. The van der Waals surface area contributed by atoms with Gasteiger partial charge in [0.15, 0.2) is 11.5 Å². The molecule has 0 radical (unpaired) electrons. The molecule has 0 heterocycles. The lowest BCUT2D eigenvalue weighted by Gasteiger charge is -2.09. The van der Waals surface area contributed by atoms with Gasteiger partial charge in [0.2, 0.25) is 0 Å². The topological polar surface area (TPSA) is 71.1 Å². The lowest BCUT2D eigenvalue weighted by molar-refractivity contribution is -0.132. The fourth-order valence-electron chi connectivity index (χ4n) is 1.22. The first kappa shape index (κ1) is 15.0. The van der Waals surface area contributed by atoms with Gasteiger partial charge < -0.3 is 18.9 Å². The van der Waals surface area contributed by atoms with E-state index in [9.17, 15) is 9.59 Å². The number of benzene rings is 1. The van der Waals surface area contributed by atoms with Crippen LogP contribution in [-0.2, 0) is 14.3 Å². The molecule has 0 fully saturated rings. The van der Waals surface area contributed by atoms with Crippen LogP contribution in [0.25, 0.3) is 0 Å². The Morgan fingerprint density at radius 2 is 1.68 bits per heavy atom. The molecule has 0 spiro atoms. The van der Waals surface area contributed by atoms with E-state index in [0.29, 0.717) is 13.2 Å². The largest absolute Gasteiger partial charge is 0.514 e. The number of hydrogen-bond acceptors (Lipinski definition) is 6. The van der Waals surface area contributed by atoms with Gasteiger partial charge in [0, 0.05) is 13.5 Å². The Kier molecular flexibility index (Phi) is 6.38. The van der Waals surface area contributed by atoms with Gasteiger partial charge in [-0.2, -0.15) is 0 Å². The first-order valence-corrected chi connectivity index (χ1v) is 5.83. The molecule has 0 bridgehead atoms. The molecule has 0 unspecified atom stereocenters. The maximum Gasteiger partial charge on any atom is 0.514 e. The molecule has 0 saturated heterocycles. The number of carbonyl (C=O) groups is 2. The first-order chi connectivity index (χ1) is 9.13. The van der Waals surface area contributed by atoms with Crippen molar-refractivity contribution in [3.05, 3.63) is 24.3 Å². The number of ether oxygens (including phenoxy) is 4. The van der Waals surface area contributed by atoms with E-state index in [4.69, 9.17) is 18.9 Å². The van der Waals surface area contributed by atoms with E-state index in [1.165, 1.54) is 19.1 Å². The highest BCUT2D eigenvalue weighted by Crippen LogP contribution is 2.26. The van der Waals surface area contributed by atoms with Gasteiger partial charge in [0.1, 0.15) is 6.61 Å². The van der Waals surface area contributed by atoms with E-state index in [-0.39, 0.29) is 18.1 Å². The Labute approximate surface area is 111 Å². The number of esters is 1. The summed E-state index contributed by atoms with van der Waals surface area (Å²) in [6.45, 7) is 4.05. The Hall–Kier alpha value is -2.08. The van der Waals surface area contributed by atoms with Crippen LogP contribution >= 0.6 is 0 Å². The van der Waals surface area contributed by atoms with Crippen LogP contribution in [0.2, 0.25) is 0 Å². The predicted molar refractivity (Wildman–Crippen MR) is 66.2 cm³/mol. The first-order valence-electron chi connectivity index (χ1n) is 5.83. The third-order valence-electron chi connectivity index (χ3n) is 1.95. The highest BCUT2D eigenvalue weighted by molar-refractivity contribution is 5.71.